The molecule has 1 fully saturated rings. The van der Waals surface area contributed by atoms with E-state index in [1.54, 1.807) is 0 Å². The number of hydrogen-bond acceptors (Lipinski definition) is 4. The van der Waals surface area contributed by atoms with Crippen LogP contribution in [0.2, 0.25) is 0 Å². The van der Waals surface area contributed by atoms with Crippen molar-refractivity contribution in [2.24, 2.45) is 5.92 Å². The molecule has 1 aliphatic heterocycles. The number of carboxylic acid groups (broad SMARTS) is 1. The molecule has 0 aromatic carbocycles. The molecule has 16 heavy (non-hydrogen) atoms. The van der Waals surface area contributed by atoms with Crippen molar-refractivity contribution in [1.29, 1.82) is 0 Å². The van der Waals surface area contributed by atoms with Crippen LogP contribution in [0.25, 0.3) is 0 Å². The first-order valence-electron chi connectivity index (χ1n) is 5.45. The van der Waals surface area contributed by atoms with Gasteiger partial charge in [-0.25, -0.2) is 0 Å². The smallest absolute Gasteiger partial charge is 0.308 e. The van der Waals surface area contributed by atoms with Gasteiger partial charge in [0, 0.05) is 13.1 Å². The molecular formula is C11H15N3O2. The van der Waals surface area contributed by atoms with Gasteiger partial charge in [0.15, 0.2) is 5.82 Å². The van der Waals surface area contributed by atoms with Crippen LogP contribution in [0.5, 0.6) is 0 Å². The van der Waals surface area contributed by atoms with Gasteiger partial charge in [-0.05, 0) is 31.9 Å². The number of anilines is 1. The Morgan fingerprint density at radius 1 is 1.50 bits per heavy atom. The summed E-state index contributed by atoms with van der Waals surface area (Å²) in [6.07, 6.45) is 1.65. The number of aromatic nitrogens is 2. The third kappa shape index (κ3) is 2.29. The van der Waals surface area contributed by atoms with Crippen molar-refractivity contribution >= 4 is 11.8 Å². The lowest BCUT2D eigenvalue weighted by molar-refractivity contribution is -0.141. The van der Waals surface area contributed by atoms with E-state index in [2.05, 4.69) is 10.2 Å². The van der Waals surface area contributed by atoms with Crippen molar-refractivity contribution in [2.45, 2.75) is 19.8 Å². The Morgan fingerprint density at radius 2 is 2.31 bits per heavy atom. The van der Waals surface area contributed by atoms with Crippen LogP contribution in [0.1, 0.15) is 18.5 Å². The summed E-state index contributed by atoms with van der Waals surface area (Å²) >= 11 is 0. The van der Waals surface area contributed by atoms with Crippen molar-refractivity contribution in [2.75, 3.05) is 18.0 Å². The van der Waals surface area contributed by atoms with Crippen molar-refractivity contribution in [3.63, 3.8) is 0 Å². The van der Waals surface area contributed by atoms with Gasteiger partial charge in [0.1, 0.15) is 0 Å². The van der Waals surface area contributed by atoms with Gasteiger partial charge in [-0.2, -0.15) is 5.10 Å². The summed E-state index contributed by atoms with van der Waals surface area (Å²) in [6.45, 7) is 3.28. The largest absolute Gasteiger partial charge is 0.481 e. The second-order valence-corrected chi connectivity index (χ2v) is 4.16. The van der Waals surface area contributed by atoms with Gasteiger partial charge < -0.3 is 10.0 Å². The van der Waals surface area contributed by atoms with Gasteiger partial charge in [0.2, 0.25) is 0 Å². The van der Waals surface area contributed by atoms with E-state index in [0.29, 0.717) is 6.54 Å². The lowest BCUT2D eigenvalue weighted by atomic mass is 9.98. The van der Waals surface area contributed by atoms with Crippen molar-refractivity contribution in [3.05, 3.63) is 17.8 Å². The van der Waals surface area contributed by atoms with Gasteiger partial charge in [0.05, 0.1) is 11.6 Å². The highest BCUT2D eigenvalue weighted by atomic mass is 16.4. The van der Waals surface area contributed by atoms with Crippen LogP contribution in [-0.2, 0) is 4.79 Å². The zero-order valence-electron chi connectivity index (χ0n) is 9.26. The molecule has 1 aromatic heterocycles. The fraction of sp³-hybridized carbons (Fsp3) is 0.545. The summed E-state index contributed by atoms with van der Waals surface area (Å²) < 4.78 is 0. The van der Waals surface area contributed by atoms with Crippen molar-refractivity contribution < 1.29 is 9.90 Å². The molecule has 5 nitrogen and oxygen atoms in total. The number of rotatable bonds is 2. The minimum atomic E-state index is -0.718. The first kappa shape index (κ1) is 10.9. The van der Waals surface area contributed by atoms with E-state index >= 15 is 0 Å². The van der Waals surface area contributed by atoms with Crippen LogP contribution in [0.4, 0.5) is 5.82 Å². The Balaban J connectivity index is 2.09. The third-order valence-electron chi connectivity index (χ3n) is 2.88. The molecule has 0 saturated carbocycles. The lowest BCUT2D eigenvalue weighted by Crippen LogP contribution is -2.39. The molecule has 86 valence electrons. The predicted octanol–water partition coefficient (Wildman–Crippen LogP) is 1.09. The first-order valence-corrected chi connectivity index (χ1v) is 5.45. The highest BCUT2D eigenvalue weighted by Crippen LogP contribution is 2.21. The van der Waals surface area contributed by atoms with Gasteiger partial charge in [-0.3, -0.25) is 4.79 Å². The molecule has 1 atom stereocenters. The van der Waals surface area contributed by atoms with Crippen LogP contribution < -0.4 is 4.90 Å². The van der Waals surface area contributed by atoms with Gasteiger partial charge in [-0.1, -0.05) is 0 Å². The molecule has 2 heterocycles. The molecule has 1 N–H and O–H groups in total. The predicted molar refractivity (Wildman–Crippen MR) is 59.3 cm³/mol. The Kier molecular flexibility index (Phi) is 3.03. The lowest BCUT2D eigenvalue weighted by Gasteiger charge is -2.31. The number of piperidine rings is 1. The van der Waals surface area contributed by atoms with Crippen LogP contribution in [0.3, 0.4) is 0 Å². The van der Waals surface area contributed by atoms with Gasteiger partial charge >= 0.3 is 5.97 Å². The summed E-state index contributed by atoms with van der Waals surface area (Å²) in [5.41, 5.74) is 0.871. The summed E-state index contributed by atoms with van der Waals surface area (Å²) in [6, 6.07) is 3.79. The standard InChI is InChI=1S/C11H15N3O2/c1-8-4-5-10(13-12-8)14-6-2-3-9(7-14)11(15)16/h4-5,9H,2-3,6-7H2,1H3,(H,15,16)/t9-/m0/s1. The van der Waals surface area contributed by atoms with E-state index in [0.717, 1.165) is 30.9 Å². The number of aryl methyl sites for hydroxylation is 1. The zero-order valence-corrected chi connectivity index (χ0v) is 9.26. The normalized spacial score (nSPS) is 20.8. The molecule has 0 unspecified atom stereocenters. The number of aliphatic carboxylic acids is 1. The van der Waals surface area contributed by atoms with E-state index in [1.807, 2.05) is 24.0 Å². The average molecular weight is 221 g/mol. The molecule has 0 spiro atoms. The first-order chi connectivity index (χ1) is 7.66. The topological polar surface area (TPSA) is 66.3 Å². The average Bonchev–Trinajstić information content (AvgIpc) is 2.30. The van der Waals surface area contributed by atoms with Gasteiger partial charge in [-0.15, -0.1) is 5.10 Å². The summed E-state index contributed by atoms with van der Waals surface area (Å²) in [5.74, 6) is -0.224. The van der Waals surface area contributed by atoms with E-state index in [-0.39, 0.29) is 5.92 Å². The molecule has 0 amide bonds. The molecule has 5 heteroatoms. The van der Waals surface area contributed by atoms with Crippen molar-refractivity contribution in [1.82, 2.24) is 10.2 Å². The maximum absolute atomic E-state index is 10.9. The molecule has 0 aliphatic carbocycles. The third-order valence-corrected chi connectivity index (χ3v) is 2.88. The maximum Gasteiger partial charge on any atom is 0.308 e. The van der Waals surface area contributed by atoms with Crippen LogP contribution in [0.15, 0.2) is 12.1 Å². The minimum absolute atomic E-state index is 0.281. The number of carbonyl (C=O) groups is 1. The Hall–Kier alpha value is -1.65. The Morgan fingerprint density at radius 3 is 2.94 bits per heavy atom. The molecule has 2 rings (SSSR count). The molecular weight excluding hydrogens is 206 g/mol. The molecule has 1 aliphatic rings. The van der Waals surface area contributed by atoms with Crippen LogP contribution in [-0.4, -0.2) is 34.4 Å². The zero-order chi connectivity index (χ0) is 11.5. The van der Waals surface area contributed by atoms with E-state index in [9.17, 15) is 4.79 Å². The SMILES string of the molecule is Cc1ccc(N2CCC[C@H](C(=O)O)C2)nn1. The monoisotopic (exact) mass is 221 g/mol. The minimum Gasteiger partial charge on any atom is -0.481 e. The van der Waals surface area contributed by atoms with Crippen LogP contribution in [0, 0.1) is 12.8 Å². The molecule has 1 aromatic rings. The number of carboxylic acids is 1. The highest BCUT2D eigenvalue weighted by Gasteiger charge is 2.26. The summed E-state index contributed by atoms with van der Waals surface area (Å²) in [7, 11) is 0. The van der Waals surface area contributed by atoms with E-state index in [4.69, 9.17) is 5.11 Å². The maximum atomic E-state index is 10.9. The fourth-order valence-corrected chi connectivity index (χ4v) is 1.95. The van der Waals surface area contributed by atoms with E-state index < -0.39 is 5.97 Å². The fourth-order valence-electron chi connectivity index (χ4n) is 1.95. The van der Waals surface area contributed by atoms with E-state index in [1.165, 1.54) is 0 Å². The summed E-state index contributed by atoms with van der Waals surface area (Å²) in [4.78, 5) is 12.9. The van der Waals surface area contributed by atoms with Crippen LogP contribution >= 0.6 is 0 Å². The summed E-state index contributed by atoms with van der Waals surface area (Å²) in [5, 5.41) is 17.0. The Bertz CT molecular complexity index is 377. The molecule has 1 saturated heterocycles. The molecule has 0 bridgehead atoms. The second-order valence-electron chi connectivity index (χ2n) is 4.16. The molecule has 0 radical (unpaired) electrons. The Labute approximate surface area is 94.1 Å². The van der Waals surface area contributed by atoms with Crippen molar-refractivity contribution in [3.8, 4) is 0 Å². The number of nitrogens with zero attached hydrogens (tertiary/aromatic N) is 3. The second kappa shape index (κ2) is 4.47. The quantitative estimate of drug-likeness (QED) is 0.809. The highest BCUT2D eigenvalue weighted by molar-refractivity contribution is 5.71. The number of hydrogen-bond donors (Lipinski definition) is 1. The van der Waals surface area contributed by atoms with Gasteiger partial charge in [0.25, 0.3) is 0 Å².